The molecule has 0 heterocycles. The second kappa shape index (κ2) is 11.6. The van der Waals surface area contributed by atoms with E-state index in [1.54, 1.807) is 0 Å². The quantitative estimate of drug-likeness (QED) is 0.259. The first kappa shape index (κ1) is 23.7. The minimum absolute atomic E-state index is 0.0486. The highest BCUT2D eigenvalue weighted by molar-refractivity contribution is 5.69. The minimum Gasteiger partial charge on any atom is -0.463 e. The van der Waals surface area contributed by atoms with Crippen molar-refractivity contribution in [2.75, 3.05) is 0 Å². The molecule has 0 amide bonds. The van der Waals surface area contributed by atoms with Gasteiger partial charge in [-0.1, -0.05) is 30.7 Å². The number of rotatable bonds is 9. The third kappa shape index (κ3) is 7.32. The molecule has 0 aromatic carbocycles. The molecule has 29 heavy (non-hydrogen) atoms. The summed E-state index contributed by atoms with van der Waals surface area (Å²) in [4.78, 5) is 11.6. The highest BCUT2D eigenvalue weighted by Gasteiger charge is 2.44. The molecule has 6 atom stereocenters. The maximum absolute atomic E-state index is 11.6. The second-order valence-corrected chi connectivity index (χ2v) is 8.99. The van der Waals surface area contributed by atoms with Crippen molar-refractivity contribution in [2.24, 2.45) is 23.7 Å². The summed E-state index contributed by atoms with van der Waals surface area (Å²) in [7, 11) is 0. The molecule has 2 aliphatic rings. The van der Waals surface area contributed by atoms with Gasteiger partial charge in [-0.05, 0) is 70.6 Å². The van der Waals surface area contributed by atoms with Crippen molar-refractivity contribution in [1.82, 2.24) is 0 Å². The van der Waals surface area contributed by atoms with Gasteiger partial charge in [-0.15, -0.1) is 11.8 Å². The van der Waals surface area contributed by atoms with Crippen LogP contribution in [0.4, 0.5) is 0 Å². The number of hydrogen-bond donors (Lipinski definition) is 2. The van der Waals surface area contributed by atoms with Crippen LogP contribution in [0.1, 0.15) is 72.6 Å². The Balaban J connectivity index is 1.83. The van der Waals surface area contributed by atoms with Crippen molar-refractivity contribution in [2.45, 2.75) is 91.0 Å². The third-order valence-electron chi connectivity index (χ3n) is 6.21. The monoisotopic (exact) mass is 402 g/mol. The maximum Gasteiger partial charge on any atom is 0.306 e. The topological polar surface area (TPSA) is 66.8 Å². The third-order valence-corrected chi connectivity index (χ3v) is 6.21. The Kier molecular flexibility index (Phi) is 9.46. The molecule has 2 aliphatic carbocycles. The van der Waals surface area contributed by atoms with Crippen LogP contribution in [0.3, 0.4) is 0 Å². The van der Waals surface area contributed by atoms with Crippen LogP contribution in [-0.4, -0.2) is 34.5 Å². The smallest absolute Gasteiger partial charge is 0.306 e. The number of esters is 1. The van der Waals surface area contributed by atoms with Gasteiger partial charge in [-0.2, -0.15) is 0 Å². The predicted molar refractivity (Wildman–Crippen MR) is 116 cm³/mol. The lowest BCUT2D eigenvalue weighted by molar-refractivity contribution is -0.147. The first-order chi connectivity index (χ1) is 13.8. The standard InChI is InChI=1S/C25H38O4/c1-5-6-9-18(4)23(26)13-12-21-22-15-19(14-20(22)16-24(21)27)10-7-8-11-25(28)29-17(2)3/h10,12-13,17-18,20-24,26-27H,7-9,11,14-16H2,1-4H3/b13-12+,19-10?/t18?,20-,21+,22-,23+,24+/m0/s1. The number of hydrogen-bond acceptors (Lipinski definition) is 4. The van der Waals surface area contributed by atoms with Crippen LogP contribution in [-0.2, 0) is 9.53 Å². The van der Waals surface area contributed by atoms with E-state index in [1.807, 2.05) is 39.8 Å². The van der Waals surface area contributed by atoms with E-state index in [0.717, 1.165) is 32.1 Å². The SMILES string of the molecule is CC#CCC(C)[C@H](O)/C=C/[C@@H]1[C@H]2CC(=CCCCC(=O)OC(C)C)C[C@H]2C[C@H]1O. The zero-order valence-corrected chi connectivity index (χ0v) is 18.4. The van der Waals surface area contributed by atoms with Gasteiger partial charge in [0.15, 0.2) is 0 Å². The van der Waals surface area contributed by atoms with E-state index in [1.165, 1.54) is 5.57 Å². The molecule has 0 radical (unpaired) electrons. The van der Waals surface area contributed by atoms with Gasteiger partial charge in [0.1, 0.15) is 0 Å². The van der Waals surface area contributed by atoms with Crippen molar-refractivity contribution in [3.05, 3.63) is 23.8 Å². The van der Waals surface area contributed by atoms with Crippen molar-refractivity contribution in [1.29, 1.82) is 0 Å². The summed E-state index contributed by atoms with van der Waals surface area (Å²) in [6.07, 6.45) is 11.1. The molecular weight excluding hydrogens is 364 g/mol. The molecule has 2 N–H and O–H groups in total. The molecule has 2 fully saturated rings. The number of allylic oxidation sites excluding steroid dienone is 2. The summed E-state index contributed by atoms with van der Waals surface area (Å²) in [6, 6.07) is 0. The highest BCUT2D eigenvalue weighted by atomic mass is 16.5. The van der Waals surface area contributed by atoms with Crippen LogP contribution in [0.25, 0.3) is 0 Å². The zero-order chi connectivity index (χ0) is 21.4. The van der Waals surface area contributed by atoms with Crippen molar-refractivity contribution in [3.8, 4) is 11.8 Å². The first-order valence-electron chi connectivity index (χ1n) is 11.1. The number of fused-ring (bicyclic) bond motifs is 1. The molecule has 0 bridgehead atoms. The second-order valence-electron chi connectivity index (χ2n) is 8.99. The molecule has 0 aromatic heterocycles. The molecule has 162 valence electrons. The molecule has 0 aliphatic heterocycles. The molecule has 0 saturated heterocycles. The summed E-state index contributed by atoms with van der Waals surface area (Å²) in [5, 5.41) is 20.8. The Morgan fingerprint density at radius 1 is 1.31 bits per heavy atom. The van der Waals surface area contributed by atoms with Gasteiger partial charge in [-0.3, -0.25) is 4.79 Å². The molecule has 1 unspecified atom stereocenters. The van der Waals surface area contributed by atoms with Crippen LogP contribution in [0.2, 0.25) is 0 Å². The Morgan fingerprint density at radius 3 is 2.76 bits per heavy atom. The number of carbonyl (C=O) groups is 1. The number of carbonyl (C=O) groups excluding carboxylic acids is 1. The number of aliphatic hydroxyl groups is 2. The van der Waals surface area contributed by atoms with Gasteiger partial charge < -0.3 is 14.9 Å². The van der Waals surface area contributed by atoms with Gasteiger partial charge in [0.25, 0.3) is 0 Å². The largest absolute Gasteiger partial charge is 0.463 e. The Labute approximate surface area is 176 Å². The average Bonchev–Trinajstić information content (AvgIpc) is 3.17. The zero-order valence-electron chi connectivity index (χ0n) is 18.4. The molecule has 0 spiro atoms. The molecule has 4 heteroatoms. The fourth-order valence-corrected chi connectivity index (χ4v) is 4.63. The van der Waals surface area contributed by atoms with Crippen LogP contribution < -0.4 is 0 Å². The number of unbranched alkanes of at least 4 members (excludes halogenated alkanes) is 1. The van der Waals surface area contributed by atoms with Crippen LogP contribution >= 0.6 is 0 Å². The van der Waals surface area contributed by atoms with Crippen molar-refractivity contribution in [3.63, 3.8) is 0 Å². The molecule has 0 aromatic rings. The summed E-state index contributed by atoms with van der Waals surface area (Å²) in [5.74, 6) is 6.96. The van der Waals surface area contributed by atoms with E-state index in [2.05, 4.69) is 17.9 Å². The predicted octanol–water partition coefficient (Wildman–Crippen LogP) is 4.41. The van der Waals surface area contributed by atoms with Gasteiger partial charge in [0, 0.05) is 18.8 Å². The normalized spacial score (nSPS) is 29.7. The van der Waals surface area contributed by atoms with Crippen LogP contribution in [0, 0.1) is 35.5 Å². The fraction of sp³-hybridized carbons (Fsp3) is 0.720. The average molecular weight is 403 g/mol. The summed E-state index contributed by atoms with van der Waals surface area (Å²) in [6.45, 7) is 7.55. The summed E-state index contributed by atoms with van der Waals surface area (Å²) in [5.41, 5.74) is 1.45. The van der Waals surface area contributed by atoms with E-state index in [9.17, 15) is 15.0 Å². The molecule has 2 rings (SSSR count). The van der Waals surface area contributed by atoms with Crippen molar-refractivity contribution >= 4 is 5.97 Å². The fourth-order valence-electron chi connectivity index (χ4n) is 4.63. The lowest BCUT2D eigenvalue weighted by Gasteiger charge is -2.19. The first-order valence-corrected chi connectivity index (χ1v) is 11.1. The lowest BCUT2D eigenvalue weighted by Crippen LogP contribution is -2.19. The van der Waals surface area contributed by atoms with Gasteiger partial charge in [0.2, 0.25) is 0 Å². The van der Waals surface area contributed by atoms with E-state index in [0.29, 0.717) is 24.7 Å². The highest BCUT2D eigenvalue weighted by Crippen LogP contribution is 2.50. The summed E-state index contributed by atoms with van der Waals surface area (Å²) < 4.78 is 5.17. The van der Waals surface area contributed by atoms with Gasteiger partial charge >= 0.3 is 5.97 Å². The Morgan fingerprint density at radius 2 is 2.07 bits per heavy atom. The molecule has 2 saturated carbocycles. The summed E-state index contributed by atoms with van der Waals surface area (Å²) >= 11 is 0. The molecule has 4 nitrogen and oxygen atoms in total. The van der Waals surface area contributed by atoms with E-state index in [-0.39, 0.29) is 30.0 Å². The van der Waals surface area contributed by atoms with E-state index >= 15 is 0 Å². The maximum atomic E-state index is 11.6. The Bertz CT molecular complexity index is 651. The van der Waals surface area contributed by atoms with Gasteiger partial charge in [-0.25, -0.2) is 0 Å². The van der Waals surface area contributed by atoms with E-state index in [4.69, 9.17) is 4.74 Å². The van der Waals surface area contributed by atoms with E-state index < -0.39 is 6.10 Å². The van der Waals surface area contributed by atoms with Crippen molar-refractivity contribution < 1.29 is 19.7 Å². The van der Waals surface area contributed by atoms with Crippen LogP contribution in [0.5, 0.6) is 0 Å². The van der Waals surface area contributed by atoms with Crippen LogP contribution in [0.15, 0.2) is 23.8 Å². The van der Waals surface area contributed by atoms with Gasteiger partial charge in [0.05, 0.1) is 18.3 Å². The Hall–Kier alpha value is -1.57. The lowest BCUT2D eigenvalue weighted by atomic mass is 9.89. The number of ether oxygens (including phenoxy) is 1. The number of aliphatic hydroxyl groups excluding tert-OH is 2. The minimum atomic E-state index is -0.524. The molecular formula is C25H38O4.